The average molecular weight is 489 g/mol. The van der Waals surface area contributed by atoms with Gasteiger partial charge in [0.1, 0.15) is 0 Å². The summed E-state index contributed by atoms with van der Waals surface area (Å²) in [4.78, 5) is 33.3. The number of hydrogen-bond acceptors (Lipinski definition) is 3. The highest BCUT2D eigenvalue weighted by atomic mass is 32.2. The highest BCUT2D eigenvalue weighted by Gasteiger charge is 2.33. The molecule has 0 spiro atoms. The van der Waals surface area contributed by atoms with Crippen LogP contribution in [0.4, 0.5) is 5.69 Å². The van der Waals surface area contributed by atoms with Gasteiger partial charge in [0.05, 0.1) is 10.9 Å². The van der Waals surface area contributed by atoms with E-state index in [4.69, 9.17) is 0 Å². The Bertz CT molecular complexity index is 1430. The second-order valence-corrected chi connectivity index (χ2v) is 9.53. The van der Waals surface area contributed by atoms with Crippen molar-refractivity contribution in [3.8, 4) is 0 Å². The lowest BCUT2D eigenvalue weighted by atomic mass is 10.0. The Balaban J connectivity index is 1.65. The summed E-state index contributed by atoms with van der Waals surface area (Å²) >= 11 is 1.29. The number of benzene rings is 4. The lowest BCUT2D eigenvalue weighted by Gasteiger charge is -2.34. The van der Waals surface area contributed by atoms with Crippen molar-refractivity contribution in [2.75, 3.05) is 4.90 Å². The van der Waals surface area contributed by atoms with Gasteiger partial charge in [-0.1, -0.05) is 108 Å². The minimum Gasteiger partial charge on any atom is -0.293 e. The Kier molecular flexibility index (Phi) is 6.92. The van der Waals surface area contributed by atoms with Crippen LogP contribution in [0.3, 0.4) is 0 Å². The summed E-state index contributed by atoms with van der Waals surface area (Å²) in [7, 11) is 0. The number of amidine groups is 1. The number of thioether (sulfide) groups is 1. The number of Topliss-reactive ketones (excluding diaryl/α,β-unsaturated/α-hetero) is 1. The number of aliphatic imine (C=N–C) groups is 1. The fourth-order valence-electron chi connectivity index (χ4n) is 4.00. The van der Waals surface area contributed by atoms with Crippen LogP contribution in [0.15, 0.2) is 126 Å². The van der Waals surface area contributed by atoms with Gasteiger partial charge in [0, 0.05) is 16.8 Å². The Morgan fingerprint density at radius 3 is 1.94 bits per heavy atom. The number of anilines is 1. The molecule has 1 aliphatic heterocycles. The van der Waals surface area contributed by atoms with E-state index in [-0.39, 0.29) is 11.7 Å². The molecule has 0 radical (unpaired) electrons. The molecule has 1 heterocycles. The molecule has 0 saturated heterocycles. The number of ketones is 1. The van der Waals surface area contributed by atoms with E-state index >= 15 is 0 Å². The first kappa shape index (κ1) is 23.5. The molecular weight excluding hydrogens is 464 g/mol. The van der Waals surface area contributed by atoms with Crippen LogP contribution in [0.1, 0.15) is 31.8 Å². The van der Waals surface area contributed by atoms with E-state index in [1.807, 2.05) is 121 Å². The van der Waals surface area contributed by atoms with Gasteiger partial charge in [-0.25, -0.2) is 0 Å². The average Bonchev–Trinajstić information content (AvgIpc) is 2.94. The number of hydrogen-bond donors (Lipinski definition) is 0. The zero-order chi connectivity index (χ0) is 24.9. The van der Waals surface area contributed by atoms with Gasteiger partial charge in [0.25, 0.3) is 5.91 Å². The Labute approximate surface area is 215 Å². The van der Waals surface area contributed by atoms with Crippen LogP contribution in [-0.2, 0) is 0 Å². The van der Waals surface area contributed by atoms with Gasteiger partial charge < -0.3 is 0 Å². The summed E-state index contributed by atoms with van der Waals surface area (Å²) < 4.78 is 0. The Morgan fingerprint density at radius 1 is 0.722 bits per heavy atom. The third kappa shape index (κ3) is 5.07. The van der Waals surface area contributed by atoms with Crippen molar-refractivity contribution in [2.45, 2.75) is 12.2 Å². The maximum absolute atomic E-state index is 13.5. The third-order valence-electron chi connectivity index (χ3n) is 5.87. The zero-order valence-corrected chi connectivity index (χ0v) is 20.6. The summed E-state index contributed by atoms with van der Waals surface area (Å²) in [5, 5.41) is -0.0745. The summed E-state index contributed by atoms with van der Waals surface area (Å²) in [6.45, 7) is 1.98. The number of amides is 1. The molecule has 1 amide bonds. The third-order valence-corrected chi connectivity index (χ3v) is 6.96. The lowest BCUT2D eigenvalue weighted by Crippen LogP contribution is -2.36. The number of carbonyl (C=O) groups excluding carboxylic acids is 2. The van der Waals surface area contributed by atoms with Crippen LogP contribution in [0.25, 0.3) is 5.70 Å². The van der Waals surface area contributed by atoms with E-state index in [0.29, 0.717) is 16.3 Å². The number of rotatable bonds is 5. The summed E-state index contributed by atoms with van der Waals surface area (Å²) in [6.07, 6.45) is 1.97. The standard InChI is InChI=1S/C31H24N2O2S/c1-22-17-19-25(20-18-22)30(35)32-31-33(26-15-9-4-10-16-26)27(23-11-5-2-6-12-23)21-28(36-31)29(34)24-13-7-3-8-14-24/h2-21,28H,1H3/t28-/m1/s1. The summed E-state index contributed by atoms with van der Waals surface area (Å²) in [5.74, 6) is -0.379. The molecule has 4 aromatic rings. The van der Waals surface area contributed by atoms with Gasteiger partial charge in [-0.15, -0.1) is 0 Å². The molecule has 1 aliphatic rings. The fourth-order valence-corrected chi connectivity index (χ4v) is 5.11. The molecule has 4 nitrogen and oxygen atoms in total. The van der Waals surface area contributed by atoms with Crippen molar-refractivity contribution >= 4 is 40.0 Å². The molecular formula is C31H24N2O2S. The molecule has 0 fully saturated rings. The van der Waals surface area contributed by atoms with Gasteiger partial charge >= 0.3 is 0 Å². The van der Waals surface area contributed by atoms with Crippen molar-refractivity contribution < 1.29 is 9.59 Å². The predicted octanol–water partition coefficient (Wildman–Crippen LogP) is 7.04. The smallest absolute Gasteiger partial charge is 0.279 e. The second-order valence-electron chi connectivity index (χ2n) is 8.42. The molecule has 0 aliphatic carbocycles. The van der Waals surface area contributed by atoms with Crippen LogP contribution < -0.4 is 4.90 Å². The number of carbonyl (C=O) groups is 2. The quantitative estimate of drug-likeness (QED) is 0.283. The molecule has 0 N–H and O–H groups in total. The zero-order valence-electron chi connectivity index (χ0n) is 19.7. The van der Waals surface area contributed by atoms with Crippen molar-refractivity contribution in [1.82, 2.24) is 0 Å². The van der Waals surface area contributed by atoms with E-state index in [0.717, 1.165) is 22.5 Å². The maximum Gasteiger partial charge on any atom is 0.279 e. The van der Waals surface area contributed by atoms with Crippen molar-refractivity contribution in [3.63, 3.8) is 0 Å². The highest BCUT2D eigenvalue weighted by Crippen LogP contribution is 2.38. The first-order valence-electron chi connectivity index (χ1n) is 11.7. The molecule has 0 aromatic heterocycles. The monoisotopic (exact) mass is 488 g/mol. The van der Waals surface area contributed by atoms with Crippen LogP contribution >= 0.6 is 11.8 Å². The maximum atomic E-state index is 13.5. The van der Waals surface area contributed by atoms with Crippen LogP contribution in [-0.4, -0.2) is 22.1 Å². The van der Waals surface area contributed by atoms with Crippen LogP contribution in [0, 0.1) is 6.92 Å². The fraction of sp³-hybridized carbons (Fsp3) is 0.0645. The second kappa shape index (κ2) is 10.6. The van der Waals surface area contributed by atoms with E-state index in [9.17, 15) is 9.59 Å². The van der Waals surface area contributed by atoms with E-state index < -0.39 is 5.25 Å². The predicted molar refractivity (Wildman–Crippen MR) is 148 cm³/mol. The number of aryl methyl sites for hydroxylation is 1. The molecule has 4 aromatic carbocycles. The number of para-hydroxylation sites is 1. The molecule has 0 bridgehead atoms. The summed E-state index contributed by atoms with van der Waals surface area (Å²) in [6, 6.07) is 36.3. The molecule has 5 heteroatoms. The SMILES string of the molecule is Cc1ccc(C(=O)N=C2S[C@@H](C(=O)c3ccccc3)C=C(c3ccccc3)N2c2ccccc2)cc1. The Morgan fingerprint density at radius 2 is 1.31 bits per heavy atom. The molecule has 1 atom stereocenters. The lowest BCUT2D eigenvalue weighted by molar-refractivity contribution is 0.0992. The largest absolute Gasteiger partial charge is 0.293 e. The molecule has 176 valence electrons. The highest BCUT2D eigenvalue weighted by molar-refractivity contribution is 8.15. The van der Waals surface area contributed by atoms with E-state index in [1.165, 1.54) is 11.8 Å². The van der Waals surface area contributed by atoms with Crippen molar-refractivity contribution in [1.29, 1.82) is 0 Å². The molecule has 0 unspecified atom stereocenters. The first-order chi connectivity index (χ1) is 17.6. The van der Waals surface area contributed by atoms with Crippen LogP contribution in [0.5, 0.6) is 0 Å². The van der Waals surface area contributed by atoms with Gasteiger partial charge in [0.15, 0.2) is 11.0 Å². The van der Waals surface area contributed by atoms with Gasteiger partial charge in [0.2, 0.25) is 0 Å². The number of nitrogens with zero attached hydrogens (tertiary/aromatic N) is 2. The molecule has 0 saturated carbocycles. The van der Waals surface area contributed by atoms with Gasteiger partial charge in [-0.3, -0.25) is 14.5 Å². The van der Waals surface area contributed by atoms with E-state index in [2.05, 4.69) is 4.99 Å². The van der Waals surface area contributed by atoms with E-state index in [1.54, 1.807) is 12.1 Å². The van der Waals surface area contributed by atoms with Gasteiger partial charge in [-0.05, 0) is 42.8 Å². The molecule has 36 heavy (non-hydrogen) atoms. The van der Waals surface area contributed by atoms with Crippen molar-refractivity contribution in [2.24, 2.45) is 4.99 Å². The molecule has 5 rings (SSSR count). The van der Waals surface area contributed by atoms with Crippen LogP contribution in [0.2, 0.25) is 0 Å². The van der Waals surface area contributed by atoms with Crippen molar-refractivity contribution in [3.05, 3.63) is 144 Å². The van der Waals surface area contributed by atoms with Gasteiger partial charge in [-0.2, -0.15) is 4.99 Å². The topological polar surface area (TPSA) is 49.7 Å². The normalized spacial score (nSPS) is 16.5. The minimum atomic E-state index is -0.535. The first-order valence-corrected chi connectivity index (χ1v) is 12.6. The minimum absolute atomic E-state index is 0.0303. The summed E-state index contributed by atoms with van der Waals surface area (Å²) in [5.41, 5.74) is 4.80. The Hall–Kier alpha value is -4.22.